The number of likely N-dealkylation sites (N-methyl/N-ethyl adjacent to an activating group) is 1. The van der Waals surface area contributed by atoms with Crippen molar-refractivity contribution in [3.05, 3.63) is 58.6 Å². The molecule has 2 aromatic carbocycles. The molecule has 0 heterocycles. The number of benzene rings is 2. The number of nitrogens with zero attached hydrogens (tertiary/aromatic N) is 1. The predicted octanol–water partition coefficient (Wildman–Crippen LogP) is 3.41. The molecule has 0 spiro atoms. The summed E-state index contributed by atoms with van der Waals surface area (Å²) in [5, 5.41) is 3.32. The molecule has 2 rings (SSSR count). The first-order valence-electron chi connectivity index (χ1n) is 8.80. The Labute approximate surface area is 171 Å². The van der Waals surface area contributed by atoms with Gasteiger partial charge in [0.1, 0.15) is 10.6 Å². The highest BCUT2D eigenvalue weighted by atomic mass is 35.5. The lowest BCUT2D eigenvalue weighted by Gasteiger charge is -2.20. The molecule has 0 bridgehead atoms. The largest absolute Gasteiger partial charge is 0.495 e. The molecule has 6 nitrogen and oxygen atoms in total. The number of carbonyl (C=O) groups is 1. The molecule has 0 saturated heterocycles. The van der Waals surface area contributed by atoms with Gasteiger partial charge in [-0.1, -0.05) is 43.6 Å². The van der Waals surface area contributed by atoms with Crippen molar-refractivity contribution >= 4 is 27.5 Å². The third kappa shape index (κ3) is 5.47. The number of ether oxygens (including phenoxy) is 1. The van der Waals surface area contributed by atoms with Crippen molar-refractivity contribution in [1.29, 1.82) is 0 Å². The number of nitrogens with one attached hydrogen (secondary N) is 1. The number of methoxy groups -OCH3 is 1. The van der Waals surface area contributed by atoms with Crippen LogP contribution in [0.5, 0.6) is 5.75 Å². The quantitative estimate of drug-likeness (QED) is 0.704. The van der Waals surface area contributed by atoms with E-state index in [9.17, 15) is 13.2 Å². The van der Waals surface area contributed by atoms with Gasteiger partial charge in [-0.3, -0.25) is 4.79 Å². The van der Waals surface area contributed by atoms with Gasteiger partial charge in [-0.2, -0.15) is 4.31 Å². The number of hydrogen-bond donors (Lipinski definition) is 1. The summed E-state index contributed by atoms with van der Waals surface area (Å²) in [5.41, 5.74) is 1.74. The Kier molecular flexibility index (Phi) is 7.46. The molecule has 0 aliphatic carbocycles. The first kappa shape index (κ1) is 22.2. The van der Waals surface area contributed by atoms with E-state index in [1.165, 1.54) is 14.2 Å². The summed E-state index contributed by atoms with van der Waals surface area (Å²) >= 11 is 5.84. The first-order chi connectivity index (χ1) is 13.1. The molecule has 2 aromatic rings. The van der Waals surface area contributed by atoms with Gasteiger partial charge in [0.25, 0.3) is 0 Å². The molecular weight excluding hydrogens is 400 g/mol. The number of hydrogen-bond acceptors (Lipinski definition) is 4. The highest BCUT2D eigenvalue weighted by molar-refractivity contribution is 7.89. The number of carbonyl (C=O) groups excluding carboxylic acids is 1. The summed E-state index contributed by atoms with van der Waals surface area (Å²) < 4.78 is 32.2. The van der Waals surface area contributed by atoms with Gasteiger partial charge in [-0.25, -0.2) is 8.42 Å². The average Bonchev–Trinajstić information content (AvgIpc) is 2.66. The monoisotopic (exact) mass is 424 g/mol. The summed E-state index contributed by atoms with van der Waals surface area (Å²) in [5.74, 6) is 0.00525. The zero-order valence-electron chi connectivity index (χ0n) is 16.4. The topological polar surface area (TPSA) is 75.7 Å². The first-order valence-corrected chi connectivity index (χ1v) is 10.6. The fourth-order valence-corrected chi connectivity index (χ4v) is 4.01. The number of halogens is 1. The second-order valence-electron chi connectivity index (χ2n) is 6.73. The molecular formula is C20H25ClN2O4S. The maximum absolute atomic E-state index is 13.0. The molecule has 8 heteroatoms. The fraction of sp³-hybridized carbons (Fsp3) is 0.350. The minimum absolute atomic E-state index is 0.0502. The van der Waals surface area contributed by atoms with Gasteiger partial charge in [0.05, 0.1) is 13.7 Å². The van der Waals surface area contributed by atoms with Crippen molar-refractivity contribution in [3.8, 4) is 5.75 Å². The molecule has 0 unspecified atom stereocenters. The van der Waals surface area contributed by atoms with E-state index in [4.69, 9.17) is 16.3 Å². The lowest BCUT2D eigenvalue weighted by molar-refractivity contribution is -0.121. The van der Waals surface area contributed by atoms with Crippen LogP contribution in [0.25, 0.3) is 0 Å². The highest BCUT2D eigenvalue weighted by Crippen LogP contribution is 2.29. The van der Waals surface area contributed by atoms with E-state index in [1.807, 2.05) is 19.9 Å². The summed E-state index contributed by atoms with van der Waals surface area (Å²) in [4.78, 5) is 12.3. The molecule has 152 valence electrons. The van der Waals surface area contributed by atoms with Gasteiger partial charge in [-0.15, -0.1) is 0 Å². The molecule has 0 aromatic heterocycles. The van der Waals surface area contributed by atoms with Crippen molar-refractivity contribution in [2.75, 3.05) is 20.7 Å². The number of sulfonamides is 1. The lowest BCUT2D eigenvalue weighted by Crippen LogP contribution is -2.38. The van der Waals surface area contributed by atoms with E-state index in [0.29, 0.717) is 5.02 Å². The van der Waals surface area contributed by atoms with Crippen LogP contribution in [-0.4, -0.2) is 39.3 Å². The third-order valence-electron chi connectivity index (χ3n) is 4.31. The van der Waals surface area contributed by atoms with Crippen LogP contribution in [0.3, 0.4) is 0 Å². The number of amides is 1. The van der Waals surface area contributed by atoms with Crippen LogP contribution in [0.15, 0.2) is 47.4 Å². The Morgan fingerprint density at radius 2 is 1.82 bits per heavy atom. The molecule has 0 saturated carbocycles. The SMILES string of the molecule is COc1ccc(C(C)C)cc1S(=O)(=O)N(C)CC(=O)NCc1ccc(Cl)cc1. The Morgan fingerprint density at radius 1 is 1.18 bits per heavy atom. The minimum Gasteiger partial charge on any atom is -0.495 e. The zero-order chi connectivity index (χ0) is 20.9. The van der Waals surface area contributed by atoms with Gasteiger partial charge in [0.2, 0.25) is 15.9 Å². The zero-order valence-corrected chi connectivity index (χ0v) is 18.0. The van der Waals surface area contributed by atoms with Crippen LogP contribution >= 0.6 is 11.6 Å². The van der Waals surface area contributed by atoms with E-state index in [-0.39, 0.29) is 29.7 Å². The van der Waals surface area contributed by atoms with Crippen LogP contribution in [0.1, 0.15) is 30.9 Å². The van der Waals surface area contributed by atoms with Crippen LogP contribution in [0.4, 0.5) is 0 Å². The van der Waals surface area contributed by atoms with Crippen molar-refractivity contribution < 1.29 is 17.9 Å². The van der Waals surface area contributed by atoms with Gasteiger partial charge < -0.3 is 10.1 Å². The molecule has 0 atom stereocenters. The maximum Gasteiger partial charge on any atom is 0.246 e. The van der Waals surface area contributed by atoms with Crippen LogP contribution in [-0.2, 0) is 21.4 Å². The lowest BCUT2D eigenvalue weighted by atomic mass is 10.0. The normalized spacial score (nSPS) is 11.7. The van der Waals surface area contributed by atoms with Gasteiger partial charge in [-0.05, 0) is 41.3 Å². The molecule has 0 fully saturated rings. The standard InChI is InChI=1S/C20H25ClN2O4S/c1-14(2)16-7-10-18(27-4)19(11-16)28(25,26)23(3)13-20(24)22-12-15-5-8-17(21)9-6-15/h5-11,14H,12-13H2,1-4H3,(H,22,24). The predicted molar refractivity (Wildman–Crippen MR) is 110 cm³/mol. The van der Waals surface area contributed by atoms with E-state index < -0.39 is 15.9 Å². The molecule has 28 heavy (non-hydrogen) atoms. The minimum atomic E-state index is -3.89. The van der Waals surface area contributed by atoms with E-state index in [1.54, 1.807) is 36.4 Å². The Bertz CT molecular complexity index is 928. The van der Waals surface area contributed by atoms with Crippen LogP contribution < -0.4 is 10.1 Å². The van der Waals surface area contributed by atoms with Crippen molar-refractivity contribution in [2.24, 2.45) is 0 Å². The number of rotatable bonds is 8. The van der Waals surface area contributed by atoms with Crippen molar-refractivity contribution in [1.82, 2.24) is 9.62 Å². The van der Waals surface area contributed by atoms with Gasteiger partial charge in [0.15, 0.2) is 0 Å². The van der Waals surface area contributed by atoms with Crippen LogP contribution in [0.2, 0.25) is 5.02 Å². The smallest absolute Gasteiger partial charge is 0.246 e. The molecule has 0 aliphatic heterocycles. The van der Waals surface area contributed by atoms with Crippen molar-refractivity contribution in [3.63, 3.8) is 0 Å². The van der Waals surface area contributed by atoms with Crippen molar-refractivity contribution in [2.45, 2.75) is 31.2 Å². The second kappa shape index (κ2) is 9.41. The van der Waals surface area contributed by atoms with Gasteiger partial charge in [0, 0.05) is 18.6 Å². The summed E-state index contributed by atoms with van der Waals surface area (Å²) in [6.07, 6.45) is 0. The van der Waals surface area contributed by atoms with E-state index in [0.717, 1.165) is 15.4 Å². The van der Waals surface area contributed by atoms with Crippen LogP contribution in [0, 0.1) is 0 Å². The molecule has 0 aliphatic rings. The summed E-state index contributed by atoms with van der Waals surface area (Å²) in [6, 6.07) is 12.1. The third-order valence-corrected chi connectivity index (χ3v) is 6.39. The van der Waals surface area contributed by atoms with E-state index >= 15 is 0 Å². The summed E-state index contributed by atoms with van der Waals surface area (Å²) in [7, 11) is -1.10. The Hall–Kier alpha value is -2.09. The molecule has 0 radical (unpaired) electrons. The maximum atomic E-state index is 13.0. The molecule has 1 amide bonds. The Morgan fingerprint density at radius 3 is 2.39 bits per heavy atom. The molecule has 1 N–H and O–H groups in total. The fourth-order valence-electron chi connectivity index (χ4n) is 2.57. The average molecular weight is 425 g/mol. The Balaban J connectivity index is 2.11. The highest BCUT2D eigenvalue weighted by Gasteiger charge is 2.27. The van der Waals surface area contributed by atoms with Gasteiger partial charge >= 0.3 is 0 Å². The summed E-state index contributed by atoms with van der Waals surface area (Å²) in [6.45, 7) is 3.94. The second-order valence-corrected chi connectivity index (χ2v) is 9.18. The van der Waals surface area contributed by atoms with E-state index in [2.05, 4.69) is 5.32 Å².